The minimum Gasteiger partial charge on any atom is -0.366 e. The fourth-order valence-electron chi connectivity index (χ4n) is 3.72. The summed E-state index contributed by atoms with van der Waals surface area (Å²) in [5.41, 5.74) is 2.32. The maximum atomic E-state index is 13.2. The van der Waals surface area contributed by atoms with Crippen LogP contribution in [-0.2, 0) is 16.1 Å². The van der Waals surface area contributed by atoms with Gasteiger partial charge in [-0.15, -0.1) is 0 Å². The third-order valence-electron chi connectivity index (χ3n) is 4.98. The van der Waals surface area contributed by atoms with Gasteiger partial charge in [-0.3, -0.25) is 4.79 Å². The Morgan fingerprint density at radius 2 is 1.92 bits per heavy atom. The molecule has 1 amide bonds. The van der Waals surface area contributed by atoms with Crippen LogP contribution >= 0.6 is 0 Å². The Kier molecular flexibility index (Phi) is 4.12. The van der Waals surface area contributed by atoms with Gasteiger partial charge in [-0.05, 0) is 24.7 Å². The van der Waals surface area contributed by atoms with Crippen LogP contribution in [0.3, 0.4) is 0 Å². The molecule has 3 heterocycles. The highest BCUT2D eigenvalue weighted by molar-refractivity contribution is 5.82. The molecule has 1 saturated heterocycles. The van der Waals surface area contributed by atoms with Crippen LogP contribution in [0.2, 0.25) is 0 Å². The van der Waals surface area contributed by atoms with E-state index in [1.807, 2.05) is 30.1 Å². The molecule has 1 aromatic heterocycles. The van der Waals surface area contributed by atoms with Gasteiger partial charge in [-0.25, -0.2) is 0 Å². The second kappa shape index (κ2) is 6.42. The van der Waals surface area contributed by atoms with Gasteiger partial charge in [0.05, 0.1) is 12.6 Å². The Labute approximate surface area is 142 Å². The number of carbonyl (C=O) groups is 1. The monoisotopic (exact) mass is 325 g/mol. The van der Waals surface area contributed by atoms with Gasteiger partial charge in [0.1, 0.15) is 6.10 Å². The lowest BCUT2D eigenvalue weighted by Gasteiger charge is -2.40. The number of amides is 1. The van der Waals surface area contributed by atoms with Crippen molar-refractivity contribution in [3.05, 3.63) is 59.9 Å². The van der Waals surface area contributed by atoms with Crippen molar-refractivity contribution in [3.63, 3.8) is 0 Å². The summed E-state index contributed by atoms with van der Waals surface area (Å²) < 4.78 is 8.02. The quantitative estimate of drug-likeness (QED) is 0.844. The van der Waals surface area contributed by atoms with E-state index in [0.717, 1.165) is 18.7 Å². The molecular formula is C19H23N3O2. The minimum atomic E-state index is -0.364. The highest BCUT2D eigenvalue weighted by atomic mass is 16.5. The molecule has 5 heteroatoms. The smallest absolute Gasteiger partial charge is 0.253 e. The lowest BCUT2D eigenvalue weighted by molar-refractivity contribution is -0.151. The summed E-state index contributed by atoms with van der Waals surface area (Å²) in [4.78, 5) is 17.3. The Morgan fingerprint density at radius 1 is 1.08 bits per heavy atom. The number of rotatable bonds is 2. The van der Waals surface area contributed by atoms with E-state index in [-0.39, 0.29) is 18.1 Å². The van der Waals surface area contributed by atoms with Gasteiger partial charge < -0.3 is 19.1 Å². The molecule has 5 nitrogen and oxygen atoms in total. The van der Waals surface area contributed by atoms with Gasteiger partial charge >= 0.3 is 0 Å². The van der Waals surface area contributed by atoms with Crippen LogP contribution in [0.25, 0.3) is 0 Å². The molecule has 0 spiro atoms. The van der Waals surface area contributed by atoms with E-state index in [2.05, 4.69) is 39.9 Å². The molecule has 0 bridgehead atoms. The first-order chi connectivity index (χ1) is 11.7. The number of morpholine rings is 1. The number of fused-ring (bicyclic) bond motifs is 1. The molecule has 2 aliphatic rings. The second-order valence-electron chi connectivity index (χ2n) is 6.59. The zero-order valence-corrected chi connectivity index (χ0v) is 14.0. The molecule has 1 fully saturated rings. The number of hydrogen-bond acceptors (Lipinski definition) is 3. The van der Waals surface area contributed by atoms with Crippen LogP contribution in [0, 0.1) is 0 Å². The predicted molar refractivity (Wildman–Crippen MR) is 91.7 cm³/mol. The van der Waals surface area contributed by atoms with Crippen molar-refractivity contribution >= 4 is 5.91 Å². The Morgan fingerprint density at radius 3 is 2.71 bits per heavy atom. The first-order valence-corrected chi connectivity index (χ1v) is 8.54. The molecule has 1 aromatic carbocycles. The van der Waals surface area contributed by atoms with Crippen molar-refractivity contribution < 1.29 is 9.53 Å². The predicted octanol–water partition coefficient (Wildman–Crippen LogP) is 1.75. The van der Waals surface area contributed by atoms with Crippen LogP contribution in [0.4, 0.5) is 0 Å². The van der Waals surface area contributed by atoms with Crippen LogP contribution in [0.5, 0.6) is 0 Å². The lowest BCUT2D eigenvalue weighted by Crippen LogP contribution is -2.52. The number of hydrogen-bond donors (Lipinski definition) is 0. The number of nitrogens with zero attached hydrogens (tertiary/aromatic N) is 3. The molecule has 2 atom stereocenters. The highest BCUT2D eigenvalue weighted by Crippen LogP contribution is 2.33. The molecule has 0 saturated carbocycles. The first kappa shape index (κ1) is 15.4. The number of ether oxygens (including phenoxy) is 1. The Bertz CT molecular complexity index is 712. The second-order valence-corrected chi connectivity index (χ2v) is 6.59. The molecule has 4 rings (SSSR count). The molecule has 0 radical (unpaired) electrons. The third kappa shape index (κ3) is 2.74. The average molecular weight is 325 g/mol. The maximum Gasteiger partial charge on any atom is 0.253 e. The Hall–Kier alpha value is -2.11. The summed E-state index contributed by atoms with van der Waals surface area (Å²) >= 11 is 0. The number of likely N-dealkylation sites (N-methyl/N-ethyl adjacent to an activating group) is 1. The van der Waals surface area contributed by atoms with Gasteiger partial charge in [-0.2, -0.15) is 0 Å². The summed E-state index contributed by atoms with van der Waals surface area (Å²) in [6.45, 7) is 3.71. The third-order valence-corrected chi connectivity index (χ3v) is 4.98. The fraction of sp³-hybridized carbons (Fsp3) is 0.421. The Balaban J connectivity index is 1.67. The summed E-state index contributed by atoms with van der Waals surface area (Å²) in [5.74, 6) is 0.0999. The van der Waals surface area contributed by atoms with Crippen molar-refractivity contribution in [1.82, 2.24) is 14.4 Å². The molecule has 126 valence electrons. The van der Waals surface area contributed by atoms with Crippen molar-refractivity contribution in [1.29, 1.82) is 0 Å². The van der Waals surface area contributed by atoms with Gasteiger partial charge in [0.25, 0.3) is 5.91 Å². The van der Waals surface area contributed by atoms with Crippen LogP contribution in [-0.4, -0.2) is 59.7 Å². The topological polar surface area (TPSA) is 37.7 Å². The highest BCUT2D eigenvalue weighted by Gasteiger charge is 2.37. The summed E-state index contributed by atoms with van der Waals surface area (Å²) in [7, 11) is 2.04. The van der Waals surface area contributed by atoms with Gasteiger partial charge in [0.15, 0.2) is 0 Å². The van der Waals surface area contributed by atoms with Crippen molar-refractivity contribution in [3.8, 4) is 0 Å². The van der Waals surface area contributed by atoms with Crippen LogP contribution in [0.1, 0.15) is 17.3 Å². The molecular weight excluding hydrogens is 302 g/mol. The molecule has 2 aromatic rings. The average Bonchev–Trinajstić information content (AvgIpc) is 3.09. The van der Waals surface area contributed by atoms with Gasteiger partial charge in [-0.1, -0.05) is 30.3 Å². The minimum absolute atomic E-state index is 0.0433. The SMILES string of the molecule is CN1CCO[C@H](C(=O)N2CCn3cccc3[C@@H]2c2ccccc2)C1. The lowest BCUT2D eigenvalue weighted by atomic mass is 9.99. The standard InChI is InChI=1S/C19H23N3O2/c1-20-12-13-24-17(14-20)19(23)22-11-10-21-9-5-8-16(21)18(22)15-6-3-2-4-7-15/h2-9,17-18H,10-14H2,1H3/t17-,18-/m0/s1. The van der Waals surface area contributed by atoms with E-state index in [4.69, 9.17) is 4.74 Å². The molecule has 2 aliphatic heterocycles. The zero-order valence-electron chi connectivity index (χ0n) is 14.0. The number of carbonyl (C=O) groups excluding carboxylic acids is 1. The molecule has 0 N–H and O–H groups in total. The van der Waals surface area contributed by atoms with Crippen molar-refractivity contribution in [2.75, 3.05) is 33.3 Å². The molecule has 0 unspecified atom stereocenters. The van der Waals surface area contributed by atoms with Crippen molar-refractivity contribution in [2.45, 2.75) is 18.7 Å². The van der Waals surface area contributed by atoms with Gasteiger partial charge in [0.2, 0.25) is 0 Å². The summed E-state index contributed by atoms with van der Waals surface area (Å²) in [6.07, 6.45) is 1.73. The van der Waals surface area contributed by atoms with E-state index >= 15 is 0 Å². The number of benzene rings is 1. The number of aromatic nitrogens is 1. The zero-order chi connectivity index (χ0) is 16.5. The summed E-state index contributed by atoms with van der Waals surface area (Å²) in [6, 6.07) is 14.4. The fourth-order valence-corrected chi connectivity index (χ4v) is 3.72. The van der Waals surface area contributed by atoms with E-state index in [1.165, 1.54) is 5.69 Å². The van der Waals surface area contributed by atoms with Crippen molar-refractivity contribution in [2.24, 2.45) is 0 Å². The van der Waals surface area contributed by atoms with Crippen LogP contribution < -0.4 is 0 Å². The van der Waals surface area contributed by atoms with Crippen LogP contribution in [0.15, 0.2) is 48.7 Å². The normalized spacial score (nSPS) is 24.6. The van der Waals surface area contributed by atoms with E-state index in [9.17, 15) is 4.79 Å². The maximum absolute atomic E-state index is 13.2. The van der Waals surface area contributed by atoms with E-state index < -0.39 is 0 Å². The molecule has 24 heavy (non-hydrogen) atoms. The van der Waals surface area contributed by atoms with Gasteiger partial charge in [0, 0.05) is 38.1 Å². The largest absolute Gasteiger partial charge is 0.366 e. The van der Waals surface area contributed by atoms with E-state index in [1.54, 1.807) is 0 Å². The van der Waals surface area contributed by atoms with E-state index in [0.29, 0.717) is 19.7 Å². The molecule has 0 aliphatic carbocycles. The summed E-state index contributed by atoms with van der Waals surface area (Å²) in [5, 5.41) is 0. The first-order valence-electron chi connectivity index (χ1n) is 8.54.